The molecule has 1 nitrogen and oxygen atoms in total. The fraction of sp³-hybridized carbons (Fsp3) is 0.250. The summed E-state index contributed by atoms with van der Waals surface area (Å²) in [4.78, 5) is 0. The van der Waals surface area contributed by atoms with E-state index in [4.69, 9.17) is 0 Å². The molecule has 0 aliphatic rings. The fourth-order valence-electron chi connectivity index (χ4n) is 2.23. The molecule has 0 heterocycles. The maximum absolute atomic E-state index is 14.1. The monoisotopic (exact) mass is 417 g/mol. The van der Waals surface area contributed by atoms with E-state index in [0.717, 1.165) is 15.6 Å². The molecule has 0 amide bonds. The van der Waals surface area contributed by atoms with Crippen LogP contribution in [0, 0.1) is 18.6 Å². The molecule has 0 radical (unpaired) electrons. The average molecular weight is 419 g/mol. The molecule has 2 aromatic carbocycles. The minimum absolute atomic E-state index is 0.0873. The molecular formula is C16H15Br2F2N. The van der Waals surface area contributed by atoms with Crippen LogP contribution in [0.5, 0.6) is 0 Å². The van der Waals surface area contributed by atoms with E-state index in [0.29, 0.717) is 0 Å². The molecule has 21 heavy (non-hydrogen) atoms. The van der Waals surface area contributed by atoms with E-state index in [9.17, 15) is 8.78 Å². The number of halogens is 4. The van der Waals surface area contributed by atoms with Gasteiger partial charge < -0.3 is 5.32 Å². The first-order chi connectivity index (χ1) is 9.93. The molecule has 0 bridgehead atoms. The van der Waals surface area contributed by atoms with Gasteiger partial charge in [-0.3, -0.25) is 0 Å². The fourth-order valence-corrected chi connectivity index (χ4v) is 2.85. The summed E-state index contributed by atoms with van der Waals surface area (Å²) in [6.45, 7) is 1.99. The lowest BCUT2D eigenvalue weighted by Crippen LogP contribution is -2.20. The molecule has 0 aliphatic heterocycles. The Balaban J connectivity index is 2.35. The Morgan fingerprint density at radius 3 is 2.38 bits per heavy atom. The highest BCUT2D eigenvalue weighted by atomic mass is 79.9. The first kappa shape index (κ1) is 16.6. The van der Waals surface area contributed by atoms with Gasteiger partial charge in [-0.15, -0.1) is 0 Å². The summed E-state index contributed by atoms with van der Waals surface area (Å²) >= 11 is 6.55. The van der Waals surface area contributed by atoms with E-state index >= 15 is 0 Å². The van der Waals surface area contributed by atoms with E-state index < -0.39 is 11.6 Å². The van der Waals surface area contributed by atoms with Crippen LogP contribution in [0.3, 0.4) is 0 Å². The van der Waals surface area contributed by atoms with Crippen molar-refractivity contribution in [2.24, 2.45) is 0 Å². The largest absolute Gasteiger partial charge is 0.313 e. The molecule has 0 aliphatic carbocycles. The molecule has 0 aromatic heterocycles. The molecule has 112 valence electrons. The smallest absolute Gasteiger partial charge is 0.143 e. The van der Waals surface area contributed by atoms with Crippen molar-refractivity contribution in [2.45, 2.75) is 19.4 Å². The van der Waals surface area contributed by atoms with Crippen molar-refractivity contribution in [3.05, 3.63) is 67.6 Å². The first-order valence-corrected chi connectivity index (χ1v) is 8.08. The number of likely N-dealkylation sites (N-methyl/N-ethyl adjacent to an activating group) is 1. The van der Waals surface area contributed by atoms with Gasteiger partial charge in [-0.2, -0.15) is 0 Å². The van der Waals surface area contributed by atoms with Crippen LogP contribution in [0.25, 0.3) is 0 Å². The highest BCUT2D eigenvalue weighted by molar-refractivity contribution is 9.10. The standard InChI is InChI=1S/C16H15Br2F2N/c1-9-7-10(3-4-12(9)17)15(21-2)8-11-14(19)6-5-13(18)16(11)20/h3-7,15,21H,8H2,1-2H3. The third kappa shape index (κ3) is 3.71. The van der Waals surface area contributed by atoms with Gasteiger partial charge in [0, 0.05) is 16.1 Å². The molecule has 1 unspecified atom stereocenters. The van der Waals surface area contributed by atoms with Crippen LogP contribution in [-0.2, 0) is 6.42 Å². The van der Waals surface area contributed by atoms with Gasteiger partial charge in [-0.1, -0.05) is 28.1 Å². The van der Waals surface area contributed by atoms with Crippen molar-refractivity contribution in [3.8, 4) is 0 Å². The molecule has 0 saturated carbocycles. The van der Waals surface area contributed by atoms with Gasteiger partial charge in [0.15, 0.2) is 0 Å². The zero-order valence-electron chi connectivity index (χ0n) is 11.7. The molecule has 2 aromatic rings. The van der Waals surface area contributed by atoms with Gasteiger partial charge in [-0.25, -0.2) is 8.78 Å². The van der Waals surface area contributed by atoms with Crippen LogP contribution in [0.15, 0.2) is 39.3 Å². The molecule has 0 fully saturated rings. The van der Waals surface area contributed by atoms with Gasteiger partial charge in [-0.05, 0) is 65.6 Å². The molecule has 1 N–H and O–H groups in total. The lowest BCUT2D eigenvalue weighted by Gasteiger charge is -2.19. The lowest BCUT2D eigenvalue weighted by molar-refractivity contribution is 0.512. The molecule has 2 rings (SSSR count). The van der Waals surface area contributed by atoms with Crippen LogP contribution < -0.4 is 5.32 Å². The minimum atomic E-state index is -0.538. The van der Waals surface area contributed by atoms with Crippen molar-refractivity contribution in [2.75, 3.05) is 7.05 Å². The summed E-state index contributed by atoms with van der Waals surface area (Å²) in [5.41, 5.74) is 2.17. The number of rotatable bonds is 4. The summed E-state index contributed by atoms with van der Waals surface area (Å²) < 4.78 is 29.3. The number of hydrogen-bond donors (Lipinski definition) is 1. The quantitative estimate of drug-likeness (QED) is 0.664. The molecular weight excluding hydrogens is 404 g/mol. The van der Waals surface area contributed by atoms with E-state index in [2.05, 4.69) is 37.2 Å². The molecule has 1 atom stereocenters. The lowest BCUT2D eigenvalue weighted by atomic mass is 9.97. The number of nitrogens with one attached hydrogen (secondary N) is 1. The SMILES string of the molecule is CNC(Cc1c(F)ccc(Br)c1F)c1ccc(Br)c(C)c1. The Bertz CT molecular complexity index is 659. The Labute approximate surface area is 140 Å². The number of hydrogen-bond acceptors (Lipinski definition) is 1. The molecule has 0 saturated heterocycles. The summed E-state index contributed by atoms with van der Waals surface area (Å²) in [5.74, 6) is -1.06. The Morgan fingerprint density at radius 1 is 1.10 bits per heavy atom. The summed E-state index contributed by atoms with van der Waals surface area (Å²) in [6, 6.07) is 8.41. The van der Waals surface area contributed by atoms with Crippen molar-refractivity contribution in [1.82, 2.24) is 5.32 Å². The van der Waals surface area contributed by atoms with Gasteiger partial charge >= 0.3 is 0 Å². The third-order valence-corrected chi connectivity index (χ3v) is 4.98. The summed E-state index contributed by atoms with van der Waals surface area (Å²) in [7, 11) is 1.79. The van der Waals surface area contributed by atoms with Crippen molar-refractivity contribution >= 4 is 31.9 Å². The maximum atomic E-state index is 14.1. The topological polar surface area (TPSA) is 12.0 Å². The van der Waals surface area contributed by atoms with Crippen LogP contribution in [0.4, 0.5) is 8.78 Å². The minimum Gasteiger partial charge on any atom is -0.313 e. The van der Waals surface area contributed by atoms with Crippen molar-refractivity contribution in [1.29, 1.82) is 0 Å². The predicted octanol–water partition coefficient (Wildman–Crippen LogP) is 5.30. The van der Waals surface area contributed by atoms with Gasteiger partial charge in [0.05, 0.1) is 4.47 Å². The second-order valence-electron chi connectivity index (χ2n) is 4.88. The second kappa shape index (κ2) is 6.99. The summed E-state index contributed by atoms with van der Waals surface area (Å²) in [5, 5.41) is 3.12. The van der Waals surface area contributed by atoms with E-state index in [-0.39, 0.29) is 22.5 Å². The molecule has 0 spiro atoms. The first-order valence-electron chi connectivity index (χ1n) is 6.49. The predicted molar refractivity (Wildman–Crippen MR) is 88.4 cm³/mol. The van der Waals surface area contributed by atoms with Crippen LogP contribution in [0.2, 0.25) is 0 Å². The van der Waals surface area contributed by atoms with Crippen LogP contribution >= 0.6 is 31.9 Å². The Hall–Kier alpha value is -0.780. The Morgan fingerprint density at radius 2 is 1.76 bits per heavy atom. The van der Waals surface area contributed by atoms with E-state index in [1.54, 1.807) is 7.05 Å². The Kier molecular flexibility index (Phi) is 5.52. The summed E-state index contributed by atoms with van der Waals surface area (Å²) in [6.07, 6.45) is 0.245. The van der Waals surface area contributed by atoms with Crippen LogP contribution in [0.1, 0.15) is 22.7 Å². The zero-order chi connectivity index (χ0) is 15.6. The van der Waals surface area contributed by atoms with E-state index in [1.807, 2.05) is 25.1 Å². The second-order valence-corrected chi connectivity index (χ2v) is 6.58. The van der Waals surface area contributed by atoms with Gasteiger partial charge in [0.25, 0.3) is 0 Å². The third-order valence-electron chi connectivity index (χ3n) is 3.48. The molecule has 5 heteroatoms. The zero-order valence-corrected chi connectivity index (χ0v) is 14.9. The van der Waals surface area contributed by atoms with Crippen molar-refractivity contribution < 1.29 is 8.78 Å². The average Bonchev–Trinajstić information content (AvgIpc) is 2.47. The van der Waals surface area contributed by atoms with Crippen LogP contribution in [-0.4, -0.2) is 7.05 Å². The normalized spacial score (nSPS) is 12.5. The van der Waals surface area contributed by atoms with Crippen molar-refractivity contribution in [3.63, 3.8) is 0 Å². The van der Waals surface area contributed by atoms with Gasteiger partial charge in [0.1, 0.15) is 11.6 Å². The highest BCUT2D eigenvalue weighted by Gasteiger charge is 2.18. The maximum Gasteiger partial charge on any atom is 0.143 e. The highest BCUT2D eigenvalue weighted by Crippen LogP contribution is 2.28. The number of benzene rings is 2. The number of aryl methyl sites for hydroxylation is 1. The van der Waals surface area contributed by atoms with E-state index in [1.165, 1.54) is 12.1 Å². The van der Waals surface area contributed by atoms with Gasteiger partial charge in [0.2, 0.25) is 0 Å².